The Balaban J connectivity index is 2.64. The Kier molecular flexibility index (Phi) is 4.42. The molecule has 2 aromatic heterocycles. The molecule has 0 radical (unpaired) electrons. The molecule has 0 bridgehead atoms. The molecule has 0 atom stereocenters. The maximum absolute atomic E-state index is 12.6. The molecule has 2 heterocycles. The third-order valence-electron chi connectivity index (χ3n) is 3.81. The molecule has 6 heteroatoms. The summed E-state index contributed by atoms with van der Waals surface area (Å²) in [6.07, 6.45) is 0.839. The first kappa shape index (κ1) is 16.7. The second-order valence-corrected chi connectivity index (χ2v) is 7.30. The van der Waals surface area contributed by atoms with E-state index in [9.17, 15) is 9.59 Å². The van der Waals surface area contributed by atoms with E-state index in [-0.39, 0.29) is 11.3 Å². The minimum Gasteiger partial charge on any atom is -0.338 e. The molecule has 22 heavy (non-hydrogen) atoms. The molecule has 0 fully saturated rings. The number of imidazole rings is 1. The van der Waals surface area contributed by atoms with Crippen LogP contribution < -0.4 is 0 Å². The van der Waals surface area contributed by atoms with Gasteiger partial charge in [-0.15, -0.1) is 0 Å². The van der Waals surface area contributed by atoms with Crippen LogP contribution in [-0.2, 0) is 5.41 Å². The molecule has 0 saturated heterocycles. The topological polar surface area (TPSA) is 54.7 Å². The van der Waals surface area contributed by atoms with Crippen molar-refractivity contribution >= 4 is 28.5 Å². The molecule has 0 N–H and O–H groups in total. The van der Waals surface area contributed by atoms with Crippen molar-refractivity contribution in [2.24, 2.45) is 0 Å². The van der Waals surface area contributed by atoms with Crippen LogP contribution in [0.25, 0.3) is 4.96 Å². The van der Waals surface area contributed by atoms with Crippen LogP contribution in [0.15, 0.2) is 0 Å². The van der Waals surface area contributed by atoms with Crippen LogP contribution in [-0.4, -0.2) is 39.6 Å². The normalized spacial score (nSPS) is 11.9. The minimum atomic E-state index is -0.211. The smallest absolute Gasteiger partial charge is 0.265 e. The summed E-state index contributed by atoms with van der Waals surface area (Å²) in [5.74, 6) is 0.00663. The highest BCUT2D eigenvalue weighted by molar-refractivity contribution is 7.19. The summed E-state index contributed by atoms with van der Waals surface area (Å²) in [4.78, 5) is 31.9. The fraction of sp³-hybridized carbons (Fsp3) is 0.562. The lowest BCUT2D eigenvalue weighted by molar-refractivity contribution is 0.0776. The summed E-state index contributed by atoms with van der Waals surface area (Å²) in [5, 5.41) is 0. The number of fused-ring (bicyclic) bond motifs is 1. The molecule has 0 aliphatic carbocycles. The molecular formula is C16H23N3O2S. The van der Waals surface area contributed by atoms with E-state index in [1.807, 2.05) is 45.9 Å². The molecular weight excluding hydrogens is 298 g/mol. The number of carbonyl (C=O) groups excluding carboxylic acids is 2. The Hall–Kier alpha value is -1.69. The molecule has 2 rings (SSSR count). The van der Waals surface area contributed by atoms with E-state index in [0.717, 1.165) is 17.7 Å². The fourth-order valence-electron chi connectivity index (χ4n) is 2.58. The number of amides is 1. The fourth-order valence-corrected chi connectivity index (χ4v) is 3.69. The van der Waals surface area contributed by atoms with E-state index in [1.54, 1.807) is 4.90 Å². The van der Waals surface area contributed by atoms with Gasteiger partial charge in [0.15, 0.2) is 11.2 Å². The summed E-state index contributed by atoms with van der Waals surface area (Å²) in [5.41, 5.74) is 1.91. The van der Waals surface area contributed by atoms with E-state index in [2.05, 4.69) is 4.98 Å². The van der Waals surface area contributed by atoms with Crippen molar-refractivity contribution < 1.29 is 9.59 Å². The number of aryl methyl sites for hydroxylation is 1. The van der Waals surface area contributed by atoms with Crippen molar-refractivity contribution in [2.45, 2.75) is 47.0 Å². The number of hydrogen-bond acceptors (Lipinski definition) is 4. The SMILES string of the molecule is CCN(CC)C(=O)c1sc2nc(C(C)(C)C)c(C=O)n2c1C. The van der Waals surface area contributed by atoms with Crippen LogP contribution in [0.3, 0.4) is 0 Å². The minimum absolute atomic E-state index is 0.00663. The number of hydrogen-bond donors (Lipinski definition) is 0. The van der Waals surface area contributed by atoms with E-state index in [1.165, 1.54) is 11.3 Å². The summed E-state index contributed by atoms with van der Waals surface area (Å²) in [6.45, 7) is 13.2. The number of carbonyl (C=O) groups is 2. The summed E-state index contributed by atoms with van der Waals surface area (Å²) < 4.78 is 1.81. The first-order chi connectivity index (χ1) is 10.3. The van der Waals surface area contributed by atoms with E-state index < -0.39 is 0 Å². The second kappa shape index (κ2) is 5.83. The van der Waals surface area contributed by atoms with Gasteiger partial charge in [0.05, 0.1) is 5.69 Å². The summed E-state index contributed by atoms with van der Waals surface area (Å²) in [6, 6.07) is 0. The average Bonchev–Trinajstić information content (AvgIpc) is 2.97. The second-order valence-electron chi connectivity index (χ2n) is 6.33. The predicted molar refractivity (Wildman–Crippen MR) is 89.1 cm³/mol. The van der Waals surface area contributed by atoms with E-state index in [4.69, 9.17) is 0 Å². The molecule has 2 aromatic rings. The molecule has 0 aliphatic heterocycles. The summed E-state index contributed by atoms with van der Waals surface area (Å²) in [7, 11) is 0. The highest BCUT2D eigenvalue weighted by atomic mass is 32.1. The monoisotopic (exact) mass is 321 g/mol. The number of aromatic nitrogens is 2. The van der Waals surface area contributed by atoms with Crippen molar-refractivity contribution in [2.75, 3.05) is 13.1 Å². The van der Waals surface area contributed by atoms with E-state index >= 15 is 0 Å². The maximum Gasteiger partial charge on any atom is 0.265 e. The Labute approximate surface area is 135 Å². The molecule has 0 unspecified atom stereocenters. The Bertz CT molecular complexity index is 718. The van der Waals surface area contributed by atoms with Gasteiger partial charge in [-0.25, -0.2) is 4.98 Å². The van der Waals surface area contributed by atoms with Crippen LogP contribution >= 0.6 is 11.3 Å². The quantitative estimate of drug-likeness (QED) is 0.812. The zero-order valence-corrected chi connectivity index (χ0v) is 14.9. The van der Waals surface area contributed by atoms with Gasteiger partial charge >= 0.3 is 0 Å². The lowest BCUT2D eigenvalue weighted by atomic mass is 9.91. The van der Waals surface area contributed by atoms with Gasteiger partial charge in [-0.2, -0.15) is 0 Å². The Morgan fingerprint density at radius 3 is 2.36 bits per heavy atom. The highest BCUT2D eigenvalue weighted by Gasteiger charge is 2.28. The number of rotatable bonds is 4. The predicted octanol–water partition coefficient (Wildman–Crippen LogP) is 3.30. The van der Waals surface area contributed by atoms with Crippen LogP contribution in [0.2, 0.25) is 0 Å². The Morgan fingerprint density at radius 1 is 1.32 bits per heavy atom. The van der Waals surface area contributed by atoms with Crippen LogP contribution in [0.5, 0.6) is 0 Å². The van der Waals surface area contributed by atoms with Crippen molar-refractivity contribution in [1.29, 1.82) is 0 Å². The standard InChI is InChI=1S/C16H23N3O2S/c1-7-18(8-2)14(21)12-10(3)19-11(9-20)13(16(4,5)6)17-15(19)22-12/h9H,7-8H2,1-6H3. The highest BCUT2D eigenvalue weighted by Crippen LogP contribution is 2.31. The third kappa shape index (κ3) is 2.56. The van der Waals surface area contributed by atoms with Gasteiger partial charge in [0, 0.05) is 24.2 Å². The maximum atomic E-state index is 12.6. The van der Waals surface area contributed by atoms with Gasteiger partial charge < -0.3 is 4.90 Å². The largest absolute Gasteiger partial charge is 0.338 e. The molecule has 0 aromatic carbocycles. The van der Waals surface area contributed by atoms with Gasteiger partial charge in [-0.05, 0) is 20.8 Å². The van der Waals surface area contributed by atoms with E-state index in [0.29, 0.717) is 28.6 Å². The molecule has 0 aliphatic rings. The molecule has 0 saturated carbocycles. The average molecular weight is 321 g/mol. The number of nitrogens with zero attached hydrogens (tertiary/aromatic N) is 3. The van der Waals surface area contributed by atoms with Gasteiger partial charge in [-0.1, -0.05) is 32.1 Å². The van der Waals surface area contributed by atoms with Crippen molar-refractivity contribution in [3.63, 3.8) is 0 Å². The lowest BCUT2D eigenvalue weighted by Crippen LogP contribution is -2.30. The molecule has 120 valence electrons. The van der Waals surface area contributed by atoms with Gasteiger partial charge in [0.25, 0.3) is 5.91 Å². The first-order valence-electron chi connectivity index (χ1n) is 7.53. The van der Waals surface area contributed by atoms with Crippen LogP contribution in [0.4, 0.5) is 0 Å². The molecule has 0 spiro atoms. The lowest BCUT2D eigenvalue weighted by Gasteiger charge is -2.18. The van der Waals surface area contributed by atoms with Gasteiger partial charge in [0.2, 0.25) is 0 Å². The third-order valence-corrected chi connectivity index (χ3v) is 4.94. The van der Waals surface area contributed by atoms with Crippen molar-refractivity contribution in [3.05, 3.63) is 22.0 Å². The van der Waals surface area contributed by atoms with Crippen LogP contribution in [0, 0.1) is 6.92 Å². The molecule has 5 nitrogen and oxygen atoms in total. The van der Waals surface area contributed by atoms with Crippen molar-refractivity contribution in [3.8, 4) is 0 Å². The van der Waals surface area contributed by atoms with Crippen LogP contribution in [0.1, 0.15) is 66.2 Å². The first-order valence-corrected chi connectivity index (χ1v) is 8.34. The van der Waals surface area contributed by atoms with Gasteiger partial charge in [0.1, 0.15) is 10.6 Å². The number of thiazole rings is 1. The number of aldehydes is 1. The zero-order valence-electron chi connectivity index (χ0n) is 14.1. The Morgan fingerprint density at radius 2 is 1.91 bits per heavy atom. The molecule has 1 amide bonds. The summed E-state index contributed by atoms with van der Waals surface area (Å²) >= 11 is 1.36. The van der Waals surface area contributed by atoms with Crippen molar-refractivity contribution in [1.82, 2.24) is 14.3 Å². The zero-order chi connectivity index (χ0) is 16.7. The van der Waals surface area contributed by atoms with Gasteiger partial charge in [-0.3, -0.25) is 14.0 Å².